The largest absolute Gasteiger partial charge is 0.390 e. The second-order valence-electron chi connectivity index (χ2n) is 4.27. The van der Waals surface area contributed by atoms with Gasteiger partial charge in [0.25, 0.3) is 0 Å². The summed E-state index contributed by atoms with van der Waals surface area (Å²) in [6, 6.07) is 2.02. The molecule has 0 aliphatic carbocycles. The third-order valence-electron chi connectivity index (χ3n) is 3.14. The highest BCUT2D eigenvalue weighted by atomic mass is 79.9. The zero-order chi connectivity index (χ0) is 12.3. The van der Waals surface area contributed by atoms with E-state index < -0.39 is 6.10 Å². The van der Waals surface area contributed by atoms with E-state index >= 15 is 0 Å². The molecule has 0 amide bonds. The minimum atomic E-state index is -0.417. The average Bonchev–Trinajstić information content (AvgIpc) is 2.75. The van der Waals surface area contributed by atoms with Gasteiger partial charge in [0.05, 0.1) is 18.8 Å². The number of nitrogens with zero attached hydrogens (tertiary/aromatic N) is 1. The van der Waals surface area contributed by atoms with E-state index in [4.69, 9.17) is 4.74 Å². The van der Waals surface area contributed by atoms with Gasteiger partial charge in [0.15, 0.2) is 0 Å². The maximum absolute atomic E-state index is 10.2. The Kier molecular flexibility index (Phi) is 4.99. The second-order valence-corrected chi connectivity index (χ2v) is 6.12. The molecule has 0 aromatic carbocycles. The summed E-state index contributed by atoms with van der Waals surface area (Å²) in [7, 11) is 0. The third kappa shape index (κ3) is 3.51. The molecule has 0 bridgehead atoms. The van der Waals surface area contributed by atoms with E-state index in [2.05, 4.69) is 27.8 Å². The van der Waals surface area contributed by atoms with Crippen LogP contribution in [0.1, 0.15) is 11.8 Å². The van der Waals surface area contributed by atoms with Crippen LogP contribution < -0.4 is 0 Å². The SMILES string of the molecule is CCN1CCOC(C(O)Cc2sccc2Br)C1. The fourth-order valence-corrected chi connectivity index (χ4v) is 3.61. The maximum atomic E-state index is 10.2. The van der Waals surface area contributed by atoms with Gasteiger partial charge in [0.2, 0.25) is 0 Å². The van der Waals surface area contributed by atoms with Crippen LogP contribution in [0.3, 0.4) is 0 Å². The van der Waals surface area contributed by atoms with Gasteiger partial charge in [-0.1, -0.05) is 6.92 Å². The number of aliphatic hydroxyl groups is 1. The molecule has 2 rings (SSSR count). The molecule has 2 heterocycles. The molecule has 1 N–H and O–H groups in total. The first-order valence-corrected chi connectivity index (χ1v) is 7.62. The number of rotatable bonds is 4. The van der Waals surface area contributed by atoms with E-state index in [0.29, 0.717) is 6.42 Å². The Morgan fingerprint density at radius 3 is 3.18 bits per heavy atom. The van der Waals surface area contributed by atoms with Gasteiger partial charge in [-0.25, -0.2) is 0 Å². The number of likely N-dealkylation sites (N-methyl/N-ethyl adjacent to an activating group) is 1. The summed E-state index contributed by atoms with van der Waals surface area (Å²) in [6.45, 7) is 5.70. The lowest BCUT2D eigenvalue weighted by Gasteiger charge is -2.34. The Morgan fingerprint density at radius 2 is 2.53 bits per heavy atom. The Balaban J connectivity index is 1.91. The van der Waals surface area contributed by atoms with Crippen LogP contribution in [0.15, 0.2) is 15.9 Å². The van der Waals surface area contributed by atoms with Crippen molar-refractivity contribution >= 4 is 27.3 Å². The van der Waals surface area contributed by atoms with Crippen molar-refractivity contribution < 1.29 is 9.84 Å². The molecule has 17 heavy (non-hydrogen) atoms. The van der Waals surface area contributed by atoms with Gasteiger partial charge in [-0.05, 0) is 33.9 Å². The van der Waals surface area contributed by atoms with Crippen molar-refractivity contribution in [3.63, 3.8) is 0 Å². The predicted octanol–water partition coefficient (Wildman–Crippen LogP) is 2.13. The topological polar surface area (TPSA) is 32.7 Å². The van der Waals surface area contributed by atoms with Crippen LogP contribution in [0.2, 0.25) is 0 Å². The molecule has 1 saturated heterocycles. The smallest absolute Gasteiger partial charge is 0.0964 e. The number of ether oxygens (including phenoxy) is 1. The lowest BCUT2D eigenvalue weighted by molar-refractivity contribution is -0.0865. The van der Waals surface area contributed by atoms with Crippen LogP contribution in [0.5, 0.6) is 0 Å². The normalized spacial score (nSPS) is 23.8. The number of hydrogen-bond acceptors (Lipinski definition) is 4. The first-order valence-electron chi connectivity index (χ1n) is 5.94. The highest BCUT2D eigenvalue weighted by Gasteiger charge is 2.26. The molecule has 1 aromatic heterocycles. The molecular formula is C12H18BrNO2S. The molecule has 2 atom stereocenters. The van der Waals surface area contributed by atoms with E-state index in [9.17, 15) is 5.11 Å². The first-order chi connectivity index (χ1) is 8.20. The lowest BCUT2D eigenvalue weighted by atomic mass is 10.1. The molecular weight excluding hydrogens is 302 g/mol. The summed E-state index contributed by atoms with van der Waals surface area (Å²) < 4.78 is 6.75. The molecule has 1 fully saturated rings. The fourth-order valence-electron chi connectivity index (χ4n) is 2.04. The van der Waals surface area contributed by atoms with Crippen molar-refractivity contribution in [2.45, 2.75) is 25.6 Å². The van der Waals surface area contributed by atoms with E-state index in [0.717, 1.165) is 30.7 Å². The predicted molar refractivity (Wildman–Crippen MR) is 73.6 cm³/mol. The monoisotopic (exact) mass is 319 g/mol. The fraction of sp³-hybridized carbons (Fsp3) is 0.667. The summed E-state index contributed by atoms with van der Waals surface area (Å²) in [5.41, 5.74) is 0. The van der Waals surface area contributed by atoms with Gasteiger partial charge in [0, 0.05) is 28.9 Å². The Bertz CT molecular complexity index is 358. The molecule has 2 unspecified atom stereocenters. The van der Waals surface area contributed by atoms with Crippen molar-refractivity contribution in [2.24, 2.45) is 0 Å². The minimum Gasteiger partial charge on any atom is -0.390 e. The first kappa shape index (κ1) is 13.5. The third-order valence-corrected chi connectivity index (χ3v) is 5.09. The highest BCUT2D eigenvalue weighted by Crippen LogP contribution is 2.25. The number of morpholine rings is 1. The lowest BCUT2D eigenvalue weighted by Crippen LogP contribution is -2.48. The Hall–Kier alpha value is 0.0600. The summed E-state index contributed by atoms with van der Waals surface area (Å²) in [5.74, 6) is 0. The van der Waals surface area contributed by atoms with Crippen molar-refractivity contribution in [2.75, 3.05) is 26.2 Å². The standard InChI is InChI=1S/C12H18BrNO2S/c1-2-14-4-5-16-11(8-14)10(15)7-12-9(13)3-6-17-12/h3,6,10-11,15H,2,4-5,7-8H2,1H3. The van der Waals surface area contributed by atoms with E-state index in [1.165, 1.54) is 4.88 Å². The van der Waals surface area contributed by atoms with Gasteiger partial charge in [-0.3, -0.25) is 4.90 Å². The minimum absolute atomic E-state index is 0.0577. The molecule has 96 valence electrons. The zero-order valence-electron chi connectivity index (χ0n) is 9.93. The maximum Gasteiger partial charge on any atom is 0.0964 e. The quantitative estimate of drug-likeness (QED) is 0.923. The summed E-state index contributed by atoms with van der Waals surface area (Å²) in [6.07, 6.45) is 0.192. The van der Waals surface area contributed by atoms with Gasteiger partial charge >= 0.3 is 0 Å². The van der Waals surface area contributed by atoms with Crippen LogP contribution in [0, 0.1) is 0 Å². The Labute approximate surface area is 115 Å². The van der Waals surface area contributed by atoms with E-state index in [1.54, 1.807) is 11.3 Å². The van der Waals surface area contributed by atoms with Crippen molar-refractivity contribution in [1.82, 2.24) is 4.90 Å². The van der Waals surface area contributed by atoms with Gasteiger partial charge in [-0.2, -0.15) is 0 Å². The summed E-state index contributed by atoms with van der Waals surface area (Å²) >= 11 is 5.16. The molecule has 1 aromatic rings. The van der Waals surface area contributed by atoms with E-state index in [1.807, 2.05) is 11.4 Å². The Morgan fingerprint density at radius 1 is 1.71 bits per heavy atom. The van der Waals surface area contributed by atoms with Crippen LogP contribution in [-0.2, 0) is 11.2 Å². The molecule has 1 aliphatic rings. The van der Waals surface area contributed by atoms with Crippen LogP contribution in [0.4, 0.5) is 0 Å². The number of aliphatic hydroxyl groups excluding tert-OH is 1. The van der Waals surface area contributed by atoms with Crippen molar-refractivity contribution in [3.8, 4) is 0 Å². The van der Waals surface area contributed by atoms with Crippen molar-refractivity contribution in [1.29, 1.82) is 0 Å². The average molecular weight is 320 g/mol. The number of thiophene rings is 1. The molecule has 3 nitrogen and oxygen atoms in total. The van der Waals surface area contributed by atoms with Crippen LogP contribution >= 0.6 is 27.3 Å². The highest BCUT2D eigenvalue weighted by molar-refractivity contribution is 9.10. The number of halogens is 1. The molecule has 0 spiro atoms. The second kappa shape index (κ2) is 6.29. The summed E-state index contributed by atoms with van der Waals surface area (Å²) in [4.78, 5) is 3.51. The van der Waals surface area contributed by atoms with E-state index in [-0.39, 0.29) is 6.10 Å². The summed E-state index contributed by atoms with van der Waals surface area (Å²) in [5, 5.41) is 12.3. The molecule has 5 heteroatoms. The van der Waals surface area contributed by atoms with Crippen LogP contribution in [-0.4, -0.2) is 48.5 Å². The van der Waals surface area contributed by atoms with Crippen LogP contribution in [0.25, 0.3) is 0 Å². The molecule has 1 aliphatic heterocycles. The number of hydrogen-bond donors (Lipinski definition) is 1. The van der Waals surface area contributed by atoms with Gasteiger partial charge < -0.3 is 9.84 Å². The molecule has 0 saturated carbocycles. The van der Waals surface area contributed by atoms with Crippen molar-refractivity contribution in [3.05, 3.63) is 20.8 Å². The zero-order valence-corrected chi connectivity index (χ0v) is 12.3. The van der Waals surface area contributed by atoms with Gasteiger partial charge in [0.1, 0.15) is 0 Å². The molecule has 0 radical (unpaired) electrons. The van der Waals surface area contributed by atoms with Gasteiger partial charge in [-0.15, -0.1) is 11.3 Å².